The Balaban J connectivity index is 2.29. The number of carbonyl (C=O) groups excluding carboxylic acids is 1. The van der Waals surface area contributed by atoms with Gasteiger partial charge in [0.1, 0.15) is 0 Å². The third-order valence-corrected chi connectivity index (χ3v) is 2.38. The molecule has 2 amide bonds. The van der Waals surface area contributed by atoms with E-state index in [0.717, 1.165) is 25.7 Å². The fourth-order valence-electron chi connectivity index (χ4n) is 1.66. The van der Waals surface area contributed by atoms with Crippen molar-refractivity contribution in [1.29, 1.82) is 0 Å². The topological polar surface area (TPSA) is 61.4 Å². The van der Waals surface area contributed by atoms with Gasteiger partial charge in [-0.3, -0.25) is 0 Å². The highest BCUT2D eigenvalue weighted by Gasteiger charge is 2.23. The van der Waals surface area contributed by atoms with E-state index in [4.69, 9.17) is 0 Å². The summed E-state index contributed by atoms with van der Waals surface area (Å²) in [6, 6.07) is -0.228. The van der Waals surface area contributed by atoms with Gasteiger partial charge < -0.3 is 15.7 Å². The van der Waals surface area contributed by atoms with Crippen molar-refractivity contribution < 1.29 is 9.90 Å². The Morgan fingerprint density at radius 2 is 2.15 bits per heavy atom. The van der Waals surface area contributed by atoms with Crippen LogP contribution in [0, 0.1) is 0 Å². The summed E-state index contributed by atoms with van der Waals surface area (Å²) in [5, 5.41) is 15.0. The lowest BCUT2D eigenvalue weighted by Gasteiger charge is -2.28. The van der Waals surface area contributed by atoms with Gasteiger partial charge in [-0.1, -0.05) is 12.8 Å². The van der Waals surface area contributed by atoms with Crippen molar-refractivity contribution >= 4 is 6.03 Å². The number of hydrogen-bond donors (Lipinski definition) is 3. The maximum absolute atomic E-state index is 11.1. The molecule has 13 heavy (non-hydrogen) atoms. The molecule has 3 N–H and O–H groups in total. The molecule has 1 aliphatic carbocycles. The summed E-state index contributed by atoms with van der Waals surface area (Å²) in [5.74, 6) is 0. The second-order valence-electron chi connectivity index (χ2n) is 3.46. The lowest BCUT2D eigenvalue weighted by molar-refractivity contribution is 0.0944. The van der Waals surface area contributed by atoms with E-state index in [0.29, 0.717) is 6.54 Å². The molecule has 0 unspecified atom stereocenters. The standard InChI is InChI=1S/C9H18N2O2/c1-2-10-9(13)11-7-5-3-4-6-8(7)12/h7-8,12H,2-6H2,1H3,(H2,10,11,13)/t7-,8-/m1/s1. The first kappa shape index (κ1) is 10.3. The van der Waals surface area contributed by atoms with Crippen LogP contribution in [0.3, 0.4) is 0 Å². The second kappa shape index (κ2) is 5.07. The molecule has 0 spiro atoms. The maximum Gasteiger partial charge on any atom is 0.315 e. The Morgan fingerprint density at radius 3 is 2.77 bits per heavy atom. The van der Waals surface area contributed by atoms with Crippen LogP contribution in [0.5, 0.6) is 0 Å². The van der Waals surface area contributed by atoms with Crippen LogP contribution in [0.4, 0.5) is 4.79 Å². The molecule has 0 aromatic heterocycles. The highest BCUT2D eigenvalue weighted by Crippen LogP contribution is 2.17. The summed E-state index contributed by atoms with van der Waals surface area (Å²) in [5.41, 5.74) is 0. The van der Waals surface area contributed by atoms with Gasteiger partial charge in [-0.2, -0.15) is 0 Å². The summed E-state index contributed by atoms with van der Waals surface area (Å²) in [6.07, 6.45) is 3.48. The maximum atomic E-state index is 11.1. The lowest BCUT2D eigenvalue weighted by atomic mass is 9.93. The minimum atomic E-state index is -0.364. The van der Waals surface area contributed by atoms with E-state index in [1.807, 2.05) is 6.92 Å². The molecular weight excluding hydrogens is 168 g/mol. The molecule has 1 rings (SSSR count). The minimum Gasteiger partial charge on any atom is -0.391 e. The Kier molecular flexibility index (Phi) is 4.02. The molecule has 4 nitrogen and oxygen atoms in total. The molecule has 0 aromatic rings. The first-order valence-corrected chi connectivity index (χ1v) is 4.96. The van der Waals surface area contributed by atoms with Gasteiger partial charge in [0.2, 0.25) is 0 Å². The van der Waals surface area contributed by atoms with Gasteiger partial charge >= 0.3 is 6.03 Å². The normalized spacial score (nSPS) is 28.2. The number of nitrogens with one attached hydrogen (secondary N) is 2. The van der Waals surface area contributed by atoms with E-state index in [1.54, 1.807) is 0 Å². The van der Waals surface area contributed by atoms with Crippen molar-refractivity contribution in [3.05, 3.63) is 0 Å². The van der Waals surface area contributed by atoms with E-state index < -0.39 is 0 Å². The highest BCUT2D eigenvalue weighted by atomic mass is 16.3. The molecule has 1 saturated carbocycles. The Hall–Kier alpha value is -0.770. The predicted molar refractivity (Wildman–Crippen MR) is 50.5 cm³/mol. The Bertz CT molecular complexity index is 173. The number of urea groups is 1. The van der Waals surface area contributed by atoms with E-state index >= 15 is 0 Å². The fourth-order valence-corrected chi connectivity index (χ4v) is 1.66. The monoisotopic (exact) mass is 186 g/mol. The van der Waals surface area contributed by atoms with Crippen molar-refractivity contribution in [3.8, 4) is 0 Å². The van der Waals surface area contributed by atoms with Gasteiger partial charge in [-0.05, 0) is 19.8 Å². The van der Waals surface area contributed by atoms with Crippen LogP contribution in [-0.2, 0) is 0 Å². The van der Waals surface area contributed by atoms with Crippen LogP contribution < -0.4 is 10.6 Å². The van der Waals surface area contributed by atoms with Crippen molar-refractivity contribution in [2.45, 2.75) is 44.8 Å². The van der Waals surface area contributed by atoms with Crippen LogP contribution >= 0.6 is 0 Å². The molecule has 0 aliphatic heterocycles. The van der Waals surface area contributed by atoms with Crippen molar-refractivity contribution in [2.24, 2.45) is 0 Å². The molecule has 0 heterocycles. The zero-order valence-corrected chi connectivity index (χ0v) is 8.05. The van der Waals surface area contributed by atoms with Gasteiger partial charge in [0.15, 0.2) is 0 Å². The highest BCUT2D eigenvalue weighted by molar-refractivity contribution is 5.74. The molecule has 2 atom stereocenters. The Morgan fingerprint density at radius 1 is 1.46 bits per heavy atom. The lowest BCUT2D eigenvalue weighted by Crippen LogP contribution is -2.48. The average Bonchev–Trinajstić information content (AvgIpc) is 2.09. The number of aliphatic hydroxyl groups excluding tert-OH is 1. The van der Waals surface area contributed by atoms with Crippen LogP contribution in [0.25, 0.3) is 0 Å². The van der Waals surface area contributed by atoms with Gasteiger partial charge in [0, 0.05) is 6.54 Å². The first-order chi connectivity index (χ1) is 6.24. The zero-order chi connectivity index (χ0) is 9.68. The third kappa shape index (κ3) is 3.22. The van der Waals surface area contributed by atoms with Crippen LogP contribution in [0.2, 0.25) is 0 Å². The van der Waals surface area contributed by atoms with Gasteiger partial charge in [-0.15, -0.1) is 0 Å². The first-order valence-electron chi connectivity index (χ1n) is 4.96. The molecule has 0 bridgehead atoms. The second-order valence-corrected chi connectivity index (χ2v) is 3.46. The molecule has 1 fully saturated rings. The molecular formula is C9H18N2O2. The zero-order valence-electron chi connectivity index (χ0n) is 8.05. The van der Waals surface area contributed by atoms with Crippen LogP contribution in [0.15, 0.2) is 0 Å². The summed E-state index contributed by atoms with van der Waals surface area (Å²) < 4.78 is 0. The van der Waals surface area contributed by atoms with Crippen molar-refractivity contribution in [2.75, 3.05) is 6.54 Å². The molecule has 1 aliphatic rings. The minimum absolute atomic E-state index is 0.0553. The molecule has 0 aromatic carbocycles. The van der Waals surface area contributed by atoms with Gasteiger partial charge in [0.25, 0.3) is 0 Å². The fraction of sp³-hybridized carbons (Fsp3) is 0.889. The summed E-state index contributed by atoms with van der Waals surface area (Å²) in [7, 11) is 0. The Labute approximate surface area is 78.7 Å². The smallest absolute Gasteiger partial charge is 0.315 e. The molecule has 0 saturated heterocycles. The number of rotatable bonds is 2. The van der Waals surface area contributed by atoms with Gasteiger partial charge in [0.05, 0.1) is 12.1 Å². The summed E-state index contributed by atoms with van der Waals surface area (Å²) in [4.78, 5) is 11.1. The molecule has 76 valence electrons. The largest absolute Gasteiger partial charge is 0.391 e. The van der Waals surface area contributed by atoms with Crippen molar-refractivity contribution in [1.82, 2.24) is 10.6 Å². The van der Waals surface area contributed by atoms with Crippen LogP contribution in [-0.4, -0.2) is 29.8 Å². The number of carbonyl (C=O) groups is 1. The van der Waals surface area contributed by atoms with E-state index in [9.17, 15) is 9.90 Å². The van der Waals surface area contributed by atoms with E-state index in [2.05, 4.69) is 10.6 Å². The number of hydrogen-bond acceptors (Lipinski definition) is 2. The summed E-state index contributed by atoms with van der Waals surface area (Å²) in [6.45, 7) is 2.49. The average molecular weight is 186 g/mol. The van der Waals surface area contributed by atoms with Crippen LogP contribution in [0.1, 0.15) is 32.6 Å². The molecule has 4 heteroatoms. The summed E-state index contributed by atoms with van der Waals surface area (Å²) >= 11 is 0. The SMILES string of the molecule is CCNC(=O)N[C@@H]1CCCC[C@H]1O. The number of amides is 2. The van der Waals surface area contributed by atoms with E-state index in [-0.39, 0.29) is 18.2 Å². The predicted octanol–water partition coefficient (Wildman–Crippen LogP) is 0.609. The quantitative estimate of drug-likeness (QED) is 0.591. The third-order valence-electron chi connectivity index (χ3n) is 2.38. The number of aliphatic hydroxyl groups is 1. The van der Waals surface area contributed by atoms with Crippen molar-refractivity contribution in [3.63, 3.8) is 0 Å². The van der Waals surface area contributed by atoms with E-state index in [1.165, 1.54) is 0 Å². The molecule has 0 radical (unpaired) electrons. The van der Waals surface area contributed by atoms with Gasteiger partial charge in [-0.25, -0.2) is 4.79 Å².